The molecule has 2 heteroatoms. The van der Waals surface area contributed by atoms with Gasteiger partial charge < -0.3 is 5.32 Å². The summed E-state index contributed by atoms with van der Waals surface area (Å²) in [5.41, 5.74) is 0. The third-order valence-electron chi connectivity index (χ3n) is 0.971. The molecule has 0 atom stereocenters. The SMILES string of the molecule is CC.CCC/C=C/C(=O)NC. The van der Waals surface area contributed by atoms with Gasteiger partial charge in [0.1, 0.15) is 0 Å². The molecule has 0 radical (unpaired) electrons. The van der Waals surface area contributed by atoms with Gasteiger partial charge in [-0.1, -0.05) is 33.3 Å². The van der Waals surface area contributed by atoms with Crippen LogP contribution in [0.1, 0.15) is 33.6 Å². The van der Waals surface area contributed by atoms with Crippen LogP contribution >= 0.6 is 0 Å². The highest BCUT2D eigenvalue weighted by Gasteiger charge is 1.84. The van der Waals surface area contributed by atoms with Crippen LogP contribution in [0.4, 0.5) is 0 Å². The Morgan fingerprint density at radius 3 is 2.36 bits per heavy atom. The predicted molar refractivity (Wildman–Crippen MR) is 49.5 cm³/mol. The van der Waals surface area contributed by atoms with Gasteiger partial charge in [-0.25, -0.2) is 0 Å². The standard InChI is InChI=1S/C7H13NO.C2H6/c1-3-4-5-6-7(9)8-2;1-2/h5-6H,3-4H2,1-2H3,(H,8,9);1-2H3/b6-5+;. The number of likely N-dealkylation sites (N-methyl/N-ethyl adjacent to an activating group) is 1. The first kappa shape index (κ1) is 12.8. The molecule has 0 unspecified atom stereocenters. The van der Waals surface area contributed by atoms with Crippen molar-refractivity contribution in [3.8, 4) is 0 Å². The fraction of sp³-hybridized carbons (Fsp3) is 0.667. The van der Waals surface area contributed by atoms with Crippen molar-refractivity contribution in [1.82, 2.24) is 5.32 Å². The molecule has 1 amide bonds. The summed E-state index contributed by atoms with van der Waals surface area (Å²) in [4.78, 5) is 10.5. The second kappa shape index (κ2) is 11.9. The van der Waals surface area contributed by atoms with Crippen molar-refractivity contribution in [1.29, 1.82) is 0 Å². The molecule has 66 valence electrons. The van der Waals surface area contributed by atoms with E-state index in [-0.39, 0.29) is 5.91 Å². The van der Waals surface area contributed by atoms with Crippen molar-refractivity contribution in [3.05, 3.63) is 12.2 Å². The molecule has 0 heterocycles. The quantitative estimate of drug-likeness (QED) is 0.625. The Bertz CT molecular complexity index is 108. The van der Waals surface area contributed by atoms with Crippen molar-refractivity contribution >= 4 is 5.91 Å². The number of unbranched alkanes of at least 4 members (excludes halogenated alkanes) is 1. The number of carbonyl (C=O) groups is 1. The predicted octanol–water partition coefficient (Wildman–Crippen LogP) is 2.11. The van der Waals surface area contributed by atoms with Crippen LogP contribution in [0.5, 0.6) is 0 Å². The van der Waals surface area contributed by atoms with Gasteiger partial charge in [-0.15, -0.1) is 0 Å². The van der Waals surface area contributed by atoms with E-state index >= 15 is 0 Å². The first-order valence-electron chi connectivity index (χ1n) is 4.19. The Morgan fingerprint density at radius 1 is 1.45 bits per heavy atom. The normalized spacial score (nSPS) is 8.73. The maximum absolute atomic E-state index is 10.5. The van der Waals surface area contributed by atoms with Gasteiger partial charge in [-0.2, -0.15) is 0 Å². The lowest BCUT2D eigenvalue weighted by atomic mass is 10.3. The van der Waals surface area contributed by atoms with E-state index in [1.807, 2.05) is 19.9 Å². The number of hydrogen-bond acceptors (Lipinski definition) is 1. The van der Waals surface area contributed by atoms with Crippen LogP contribution in [-0.2, 0) is 4.79 Å². The van der Waals surface area contributed by atoms with E-state index in [0.29, 0.717) is 0 Å². The van der Waals surface area contributed by atoms with Gasteiger partial charge in [0.05, 0.1) is 0 Å². The highest BCUT2D eigenvalue weighted by Crippen LogP contribution is 1.86. The van der Waals surface area contributed by atoms with Crippen LogP contribution in [0.15, 0.2) is 12.2 Å². The fourth-order valence-corrected chi connectivity index (χ4v) is 0.440. The van der Waals surface area contributed by atoms with Crippen molar-refractivity contribution in [2.45, 2.75) is 33.6 Å². The molecule has 0 aliphatic heterocycles. The van der Waals surface area contributed by atoms with Crippen molar-refractivity contribution < 1.29 is 4.79 Å². The molecule has 0 saturated heterocycles. The molecule has 0 aliphatic carbocycles. The molecule has 0 fully saturated rings. The molecular formula is C9H19NO. The number of rotatable bonds is 3. The van der Waals surface area contributed by atoms with Crippen molar-refractivity contribution in [3.63, 3.8) is 0 Å². The van der Waals surface area contributed by atoms with E-state index in [2.05, 4.69) is 12.2 Å². The molecule has 0 bridgehead atoms. The summed E-state index contributed by atoms with van der Waals surface area (Å²) < 4.78 is 0. The maximum Gasteiger partial charge on any atom is 0.243 e. The van der Waals surface area contributed by atoms with E-state index in [9.17, 15) is 4.79 Å². The third kappa shape index (κ3) is 12.4. The number of hydrogen-bond donors (Lipinski definition) is 1. The van der Waals surface area contributed by atoms with Gasteiger partial charge in [0.15, 0.2) is 0 Å². The number of allylic oxidation sites excluding steroid dienone is 1. The molecule has 0 saturated carbocycles. The Hall–Kier alpha value is -0.790. The second-order valence-electron chi connectivity index (χ2n) is 1.81. The average Bonchev–Trinajstić information content (AvgIpc) is 2.08. The molecule has 11 heavy (non-hydrogen) atoms. The van der Waals surface area contributed by atoms with Gasteiger partial charge in [-0.3, -0.25) is 4.79 Å². The van der Waals surface area contributed by atoms with Crippen molar-refractivity contribution in [2.24, 2.45) is 0 Å². The molecule has 2 nitrogen and oxygen atoms in total. The minimum atomic E-state index is -0.0246. The van der Waals surface area contributed by atoms with Crippen molar-refractivity contribution in [2.75, 3.05) is 7.05 Å². The van der Waals surface area contributed by atoms with E-state index in [4.69, 9.17) is 0 Å². The molecule has 0 aromatic carbocycles. The second-order valence-corrected chi connectivity index (χ2v) is 1.81. The minimum absolute atomic E-state index is 0.0246. The fourth-order valence-electron chi connectivity index (χ4n) is 0.440. The molecule has 0 aliphatic rings. The average molecular weight is 157 g/mol. The zero-order valence-electron chi connectivity index (χ0n) is 7.98. The van der Waals surface area contributed by atoms with E-state index in [1.54, 1.807) is 13.1 Å². The van der Waals surface area contributed by atoms with Gasteiger partial charge in [0.2, 0.25) is 5.91 Å². The lowest BCUT2D eigenvalue weighted by Gasteiger charge is -1.87. The minimum Gasteiger partial charge on any atom is -0.356 e. The van der Waals surface area contributed by atoms with Gasteiger partial charge in [-0.05, 0) is 12.5 Å². The lowest BCUT2D eigenvalue weighted by molar-refractivity contribution is -0.116. The van der Waals surface area contributed by atoms with E-state index < -0.39 is 0 Å². The van der Waals surface area contributed by atoms with E-state index in [1.165, 1.54) is 0 Å². The summed E-state index contributed by atoms with van der Waals surface area (Å²) in [7, 11) is 1.62. The first-order chi connectivity index (χ1) is 5.31. The van der Waals surface area contributed by atoms with E-state index in [0.717, 1.165) is 12.8 Å². The van der Waals surface area contributed by atoms with Gasteiger partial charge >= 0.3 is 0 Å². The Balaban J connectivity index is 0. The topological polar surface area (TPSA) is 29.1 Å². The van der Waals surface area contributed by atoms with Gasteiger partial charge in [0.25, 0.3) is 0 Å². The highest BCUT2D eigenvalue weighted by atomic mass is 16.1. The first-order valence-corrected chi connectivity index (χ1v) is 4.19. The van der Waals surface area contributed by atoms with Crippen LogP contribution in [0, 0.1) is 0 Å². The molecule has 0 aromatic rings. The van der Waals surface area contributed by atoms with Gasteiger partial charge in [0, 0.05) is 7.05 Å². The summed E-state index contributed by atoms with van der Waals surface area (Å²) in [5, 5.41) is 2.50. The Kier molecular flexibility index (Phi) is 13.9. The van der Waals surface area contributed by atoms with Crippen LogP contribution in [0.3, 0.4) is 0 Å². The number of nitrogens with one attached hydrogen (secondary N) is 1. The molecule has 1 N–H and O–H groups in total. The number of amides is 1. The number of carbonyl (C=O) groups excluding carboxylic acids is 1. The summed E-state index contributed by atoms with van der Waals surface area (Å²) in [6, 6.07) is 0. The smallest absolute Gasteiger partial charge is 0.243 e. The molecule has 0 aromatic heterocycles. The Labute approximate surface area is 69.7 Å². The third-order valence-corrected chi connectivity index (χ3v) is 0.971. The molecule has 0 spiro atoms. The monoisotopic (exact) mass is 157 g/mol. The van der Waals surface area contributed by atoms with Crippen LogP contribution in [0.25, 0.3) is 0 Å². The van der Waals surface area contributed by atoms with Crippen LogP contribution in [-0.4, -0.2) is 13.0 Å². The Morgan fingerprint density at radius 2 is 2.00 bits per heavy atom. The zero-order chi connectivity index (χ0) is 9.11. The largest absolute Gasteiger partial charge is 0.356 e. The summed E-state index contributed by atoms with van der Waals surface area (Å²) in [6.07, 6.45) is 5.50. The molecule has 0 rings (SSSR count). The summed E-state index contributed by atoms with van der Waals surface area (Å²) in [6.45, 7) is 6.08. The molecular weight excluding hydrogens is 138 g/mol. The highest BCUT2D eigenvalue weighted by molar-refractivity contribution is 5.87. The maximum atomic E-state index is 10.5. The summed E-state index contributed by atoms with van der Waals surface area (Å²) >= 11 is 0. The van der Waals surface area contributed by atoms with Crippen LogP contribution < -0.4 is 5.32 Å². The zero-order valence-corrected chi connectivity index (χ0v) is 7.98. The lowest BCUT2D eigenvalue weighted by Crippen LogP contribution is -2.13. The summed E-state index contributed by atoms with van der Waals surface area (Å²) in [5.74, 6) is -0.0246. The van der Waals surface area contributed by atoms with Crippen LogP contribution in [0.2, 0.25) is 0 Å².